The highest BCUT2D eigenvalue weighted by Crippen LogP contribution is 2.27. The first kappa shape index (κ1) is 28.6. The summed E-state index contributed by atoms with van der Waals surface area (Å²) in [6.07, 6.45) is -0.00688. The summed E-state index contributed by atoms with van der Waals surface area (Å²) in [7, 11) is 0. The Kier molecular flexibility index (Phi) is 9.07. The van der Waals surface area contributed by atoms with Crippen molar-refractivity contribution in [1.29, 1.82) is 0 Å². The fourth-order valence-corrected chi connectivity index (χ4v) is 4.06. The van der Waals surface area contributed by atoms with Gasteiger partial charge >= 0.3 is 6.09 Å². The number of rotatable bonds is 8. The number of ether oxygens (including phenoxy) is 2. The Morgan fingerprint density at radius 2 is 1.62 bits per heavy atom. The van der Waals surface area contributed by atoms with Crippen molar-refractivity contribution in [1.82, 2.24) is 4.98 Å². The van der Waals surface area contributed by atoms with E-state index in [9.17, 15) is 9.59 Å². The van der Waals surface area contributed by atoms with Crippen LogP contribution in [0.15, 0.2) is 84.9 Å². The van der Waals surface area contributed by atoms with E-state index in [1.54, 1.807) is 51.1 Å². The first-order valence-electron chi connectivity index (χ1n) is 12.9. The number of hydrogen-bond donors (Lipinski definition) is 2. The van der Waals surface area contributed by atoms with Crippen molar-refractivity contribution in [3.8, 4) is 16.9 Å². The van der Waals surface area contributed by atoms with E-state index in [4.69, 9.17) is 21.1 Å². The first-order valence-corrected chi connectivity index (χ1v) is 13.3. The number of amides is 2. The van der Waals surface area contributed by atoms with Gasteiger partial charge in [-0.15, -0.1) is 0 Å². The Balaban J connectivity index is 1.33. The molecule has 0 saturated heterocycles. The van der Waals surface area contributed by atoms with Gasteiger partial charge in [0.15, 0.2) is 0 Å². The summed E-state index contributed by atoms with van der Waals surface area (Å²) in [6.45, 7) is 7.76. The van der Waals surface area contributed by atoms with E-state index in [-0.39, 0.29) is 5.91 Å². The Labute approximate surface area is 239 Å². The molecule has 0 aliphatic heterocycles. The van der Waals surface area contributed by atoms with Crippen LogP contribution in [0.25, 0.3) is 11.1 Å². The van der Waals surface area contributed by atoms with Crippen molar-refractivity contribution in [3.63, 3.8) is 0 Å². The predicted molar refractivity (Wildman–Crippen MR) is 159 cm³/mol. The highest BCUT2D eigenvalue weighted by atomic mass is 35.5. The van der Waals surface area contributed by atoms with Gasteiger partial charge in [-0.05, 0) is 93.4 Å². The monoisotopic (exact) mass is 557 g/mol. The molecule has 0 atom stereocenters. The van der Waals surface area contributed by atoms with Gasteiger partial charge in [-0.3, -0.25) is 10.1 Å². The van der Waals surface area contributed by atoms with Crippen LogP contribution in [0, 0.1) is 6.92 Å². The first-order chi connectivity index (χ1) is 19.1. The molecule has 40 heavy (non-hydrogen) atoms. The molecule has 0 aliphatic rings. The third-order valence-electron chi connectivity index (χ3n) is 5.75. The second kappa shape index (κ2) is 12.7. The maximum absolute atomic E-state index is 13.2. The minimum absolute atomic E-state index is 0.201. The van der Waals surface area contributed by atoms with Crippen LogP contribution in [-0.4, -0.2) is 29.2 Å². The lowest BCUT2D eigenvalue weighted by molar-refractivity contribution is 0.0635. The molecule has 1 heterocycles. The maximum atomic E-state index is 13.2. The van der Waals surface area contributed by atoms with Gasteiger partial charge in [0.2, 0.25) is 0 Å². The molecule has 0 spiro atoms. The fraction of sp³-hybridized carbons (Fsp3) is 0.219. The van der Waals surface area contributed by atoms with Crippen LogP contribution >= 0.6 is 11.6 Å². The Bertz CT molecular complexity index is 1480. The number of aromatic nitrogens is 1. The Morgan fingerprint density at radius 1 is 0.900 bits per heavy atom. The number of anilines is 2. The van der Waals surface area contributed by atoms with Crippen molar-refractivity contribution in [3.05, 3.63) is 107 Å². The topological polar surface area (TPSA) is 89.6 Å². The van der Waals surface area contributed by atoms with Crippen LogP contribution in [0.4, 0.5) is 16.3 Å². The highest BCUT2D eigenvalue weighted by molar-refractivity contribution is 6.30. The molecule has 0 aliphatic carbocycles. The van der Waals surface area contributed by atoms with Gasteiger partial charge < -0.3 is 14.8 Å². The number of hydrogen-bond acceptors (Lipinski definition) is 5. The van der Waals surface area contributed by atoms with Crippen molar-refractivity contribution in [2.75, 3.05) is 17.2 Å². The van der Waals surface area contributed by atoms with Crippen molar-refractivity contribution in [2.45, 2.75) is 39.7 Å². The molecule has 8 heteroatoms. The highest BCUT2D eigenvalue weighted by Gasteiger charge is 2.17. The van der Waals surface area contributed by atoms with Crippen LogP contribution in [0.5, 0.6) is 5.75 Å². The largest absolute Gasteiger partial charge is 0.493 e. The summed E-state index contributed by atoms with van der Waals surface area (Å²) >= 11 is 6.04. The fourth-order valence-electron chi connectivity index (χ4n) is 3.93. The van der Waals surface area contributed by atoms with Gasteiger partial charge in [0.25, 0.3) is 5.91 Å². The zero-order valence-corrected chi connectivity index (χ0v) is 23.7. The molecule has 2 N–H and O–H groups in total. The van der Waals surface area contributed by atoms with E-state index in [1.807, 2.05) is 61.5 Å². The average molecular weight is 558 g/mol. The molecule has 0 radical (unpaired) electrons. The van der Waals surface area contributed by atoms with Crippen LogP contribution in [0.2, 0.25) is 5.02 Å². The standard InChI is InChI=1S/C32H32ClN3O4/c1-21-8-17-27(22-9-11-23(33)12-10-22)28(20-21)30(37)35-25-13-15-26(16-14-25)39-19-18-24-6-5-7-29(34-24)36-31(38)40-32(2,3)4/h5-17,20H,18-19H2,1-4H3,(H,35,37)(H,34,36,38). The van der Waals surface area contributed by atoms with E-state index in [0.717, 1.165) is 22.4 Å². The van der Waals surface area contributed by atoms with Gasteiger partial charge in [-0.25, -0.2) is 9.78 Å². The number of pyridine rings is 1. The molecule has 0 unspecified atom stereocenters. The summed E-state index contributed by atoms with van der Waals surface area (Å²) < 4.78 is 11.1. The Morgan fingerprint density at radius 3 is 2.33 bits per heavy atom. The van der Waals surface area contributed by atoms with Crippen molar-refractivity contribution >= 4 is 35.1 Å². The lowest BCUT2D eigenvalue weighted by Crippen LogP contribution is -2.27. The predicted octanol–water partition coefficient (Wildman–Crippen LogP) is 7.93. The van der Waals surface area contributed by atoms with Crippen LogP contribution in [0.1, 0.15) is 42.4 Å². The molecule has 7 nitrogen and oxygen atoms in total. The van der Waals surface area contributed by atoms with Crippen LogP contribution in [0.3, 0.4) is 0 Å². The van der Waals surface area contributed by atoms with Crippen LogP contribution < -0.4 is 15.4 Å². The normalized spacial score (nSPS) is 11.0. The molecule has 2 amide bonds. The molecule has 0 bridgehead atoms. The molecule has 4 aromatic rings. The lowest BCUT2D eigenvalue weighted by Gasteiger charge is -2.19. The quantitative estimate of drug-likeness (QED) is 0.229. The number of nitrogens with one attached hydrogen (secondary N) is 2. The average Bonchev–Trinajstić information content (AvgIpc) is 2.89. The van der Waals surface area contributed by atoms with Gasteiger partial charge in [0.05, 0.1) is 6.61 Å². The molecule has 0 fully saturated rings. The molecular weight excluding hydrogens is 526 g/mol. The van der Waals surface area contributed by atoms with E-state index in [2.05, 4.69) is 15.6 Å². The number of benzene rings is 3. The number of aryl methyl sites for hydroxylation is 1. The van der Waals surface area contributed by atoms with Gasteiger partial charge in [0.1, 0.15) is 17.2 Å². The zero-order valence-electron chi connectivity index (χ0n) is 23.0. The summed E-state index contributed by atoms with van der Waals surface area (Å²) in [4.78, 5) is 29.6. The molecule has 1 aromatic heterocycles. The van der Waals surface area contributed by atoms with E-state index >= 15 is 0 Å². The second-order valence-electron chi connectivity index (χ2n) is 10.3. The number of carbonyl (C=O) groups excluding carboxylic acids is 2. The maximum Gasteiger partial charge on any atom is 0.413 e. The van der Waals surface area contributed by atoms with Crippen molar-refractivity contribution in [2.24, 2.45) is 0 Å². The summed E-state index contributed by atoms with van der Waals surface area (Å²) in [6, 6.07) is 25.8. The van der Waals surface area contributed by atoms with E-state index in [1.165, 1.54) is 0 Å². The molecule has 3 aromatic carbocycles. The second-order valence-corrected chi connectivity index (χ2v) is 10.7. The molecule has 0 saturated carbocycles. The number of carbonyl (C=O) groups is 2. The van der Waals surface area contributed by atoms with Gasteiger partial charge in [-0.2, -0.15) is 0 Å². The molecular formula is C32H32ClN3O4. The minimum atomic E-state index is -0.588. The summed E-state index contributed by atoms with van der Waals surface area (Å²) in [5, 5.41) is 6.26. The van der Waals surface area contributed by atoms with E-state index < -0.39 is 11.7 Å². The minimum Gasteiger partial charge on any atom is -0.493 e. The third-order valence-corrected chi connectivity index (χ3v) is 6.00. The SMILES string of the molecule is Cc1ccc(-c2ccc(Cl)cc2)c(C(=O)Nc2ccc(OCCc3cccc(NC(=O)OC(C)(C)C)n3)cc2)c1. The third kappa shape index (κ3) is 8.32. The number of nitrogens with zero attached hydrogens (tertiary/aromatic N) is 1. The summed E-state index contributed by atoms with van der Waals surface area (Å²) in [5.41, 5.74) is 4.16. The zero-order chi connectivity index (χ0) is 28.7. The summed E-state index contributed by atoms with van der Waals surface area (Å²) in [5.74, 6) is 0.881. The van der Waals surface area contributed by atoms with Crippen molar-refractivity contribution < 1.29 is 19.1 Å². The van der Waals surface area contributed by atoms with Gasteiger partial charge in [0, 0.05) is 28.4 Å². The molecule has 206 valence electrons. The lowest BCUT2D eigenvalue weighted by atomic mass is 9.97. The Hall–Kier alpha value is -4.36. The number of halogens is 1. The smallest absolute Gasteiger partial charge is 0.413 e. The van der Waals surface area contributed by atoms with Crippen LogP contribution in [-0.2, 0) is 11.2 Å². The molecule has 4 rings (SSSR count). The van der Waals surface area contributed by atoms with E-state index in [0.29, 0.717) is 40.9 Å². The van der Waals surface area contributed by atoms with Gasteiger partial charge in [-0.1, -0.05) is 47.5 Å².